The van der Waals surface area contributed by atoms with Gasteiger partial charge < -0.3 is 5.32 Å². The molecule has 94 valence electrons. The molecule has 1 aliphatic rings. The molecule has 0 aliphatic heterocycles. The molecule has 0 saturated heterocycles. The maximum Gasteiger partial charge on any atom is 0.131 e. The van der Waals surface area contributed by atoms with Crippen molar-refractivity contribution in [2.45, 2.75) is 31.7 Å². The highest BCUT2D eigenvalue weighted by Crippen LogP contribution is 2.54. The summed E-state index contributed by atoms with van der Waals surface area (Å²) in [5, 5.41) is 14.3. The molecule has 1 saturated carbocycles. The Morgan fingerprint density at radius 3 is 2.67 bits per heavy atom. The largest absolute Gasteiger partial charge is 0.311 e. The molecule has 4 heteroatoms. The van der Waals surface area contributed by atoms with E-state index < -0.39 is 0 Å². The second-order valence-corrected chi connectivity index (χ2v) is 5.79. The highest BCUT2D eigenvalue weighted by molar-refractivity contribution is 7.11. The third kappa shape index (κ3) is 2.06. The van der Waals surface area contributed by atoms with Crippen molar-refractivity contribution in [1.82, 2.24) is 15.5 Å². The Labute approximate surface area is 111 Å². The van der Waals surface area contributed by atoms with E-state index in [0.29, 0.717) is 0 Å². The fourth-order valence-corrected chi connectivity index (χ4v) is 3.34. The number of nitrogens with one attached hydrogen (secondary N) is 1. The van der Waals surface area contributed by atoms with Crippen LogP contribution < -0.4 is 5.32 Å². The summed E-state index contributed by atoms with van der Waals surface area (Å²) >= 11 is 1.75. The summed E-state index contributed by atoms with van der Waals surface area (Å²) in [6.45, 7) is 3.91. The molecule has 0 spiro atoms. The Hall–Kier alpha value is -1.26. The zero-order valence-corrected chi connectivity index (χ0v) is 11.3. The van der Waals surface area contributed by atoms with E-state index in [4.69, 9.17) is 0 Å². The van der Waals surface area contributed by atoms with Crippen LogP contribution in [0.15, 0.2) is 30.3 Å². The number of nitrogens with zero attached hydrogens (tertiary/aromatic N) is 2. The quantitative estimate of drug-likeness (QED) is 0.897. The van der Waals surface area contributed by atoms with E-state index in [1.807, 2.05) is 0 Å². The SMILES string of the molecule is CCNCc1nnc(C2(c3ccccc3)CC2)s1. The molecule has 0 amide bonds. The smallest absolute Gasteiger partial charge is 0.131 e. The molecule has 0 unspecified atom stereocenters. The number of hydrogen-bond donors (Lipinski definition) is 1. The molecule has 1 N–H and O–H groups in total. The van der Waals surface area contributed by atoms with Gasteiger partial charge in [-0.1, -0.05) is 48.6 Å². The Bertz CT molecular complexity index is 517. The van der Waals surface area contributed by atoms with Gasteiger partial charge in [-0.15, -0.1) is 10.2 Å². The van der Waals surface area contributed by atoms with Crippen LogP contribution in [0.1, 0.15) is 35.3 Å². The Morgan fingerprint density at radius 1 is 1.22 bits per heavy atom. The van der Waals surface area contributed by atoms with Crippen LogP contribution in [0.3, 0.4) is 0 Å². The summed E-state index contributed by atoms with van der Waals surface area (Å²) in [4.78, 5) is 0. The summed E-state index contributed by atoms with van der Waals surface area (Å²) in [6, 6.07) is 10.7. The fraction of sp³-hybridized carbons (Fsp3) is 0.429. The first-order chi connectivity index (χ1) is 8.85. The first kappa shape index (κ1) is 11.8. The van der Waals surface area contributed by atoms with E-state index in [-0.39, 0.29) is 5.41 Å². The standard InChI is InChI=1S/C14H17N3S/c1-2-15-10-12-16-17-13(18-12)14(8-9-14)11-6-4-3-5-7-11/h3-7,15H,2,8-10H2,1H3. The van der Waals surface area contributed by atoms with Gasteiger partial charge in [-0.25, -0.2) is 0 Å². The van der Waals surface area contributed by atoms with Gasteiger partial charge in [0.05, 0.1) is 0 Å². The van der Waals surface area contributed by atoms with E-state index in [2.05, 4.69) is 52.8 Å². The number of hydrogen-bond acceptors (Lipinski definition) is 4. The van der Waals surface area contributed by atoms with Crippen LogP contribution in [-0.2, 0) is 12.0 Å². The number of benzene rings is 1. The fourth-order valence-electron chi connectivity index (χ4n) is 2.26. The van der Waals surface area contributed by atoms with E-state index in [1.54, 1.807) is 11.3 Å². The molecule has 3 nitrogen and oxygen atoms in total. The van der Waals surface area contributed by atoms with E-state index in [9.17, 15) is 0 Å². The third-order valence-corrected chi connectivity index (χ3v) is 4.61. The Balaban J connectivity index is 1.84. The lowest BCUT2D eigenvalue weighted by atomic mass is 9.97. The van der Waals surface area contributed by atoms with Crippen LogP contribution in [0.5, 0.6) is 0 Å². The average molecular weight is 259 g/mol. The molecule has 18 heavy (non-hydrogen) atoms. The van der Waals surface area contributed by atoms with Crippen molar-refractivity contribution >= 4 is 11.3 Å². The molecule has 1 aliphatic carbocycles. The minimum atomic E-state index is 0.170. The van der Waals surface area contributed by atoms with Crippen LogP contribution in [0, 0.1) is 0 Å². The Kier molecular flexibility index (Phi) is 3.14. The topological polar surface area (TPSA) is 37.8 Å². The summed E-state index contributed by atoms with van der Waals surface area (Å²) < 4.78 is 0. The predicted octanol–water partition coefficient (Wildman–Crippen LogP) is 2.73. The zero-order chi connectivity index (χ0) is 12.4. The maximum absolute atomic E-state index is 4.41. The lowest BCUT2D eigenvalue weighted by molar-refractivity contribution is 0.711. The van der Waals surface area contributed by atoms with Gasteiger partial charge in [0.15, 0.2) is 0 Å². The molecule has 1 fully saturated rings. The summed E-state index contributed by atoms with van der Waals surface area (Å²) in [5.74, 6) is 0. The molecule has 0 bridgehead atoms. The van der Waals surface area contributed by atoms with Crippen molar-refractivity contribution in [1.29, 1.82) is 0 Å². The highest BCUT2D eigenvalue weighted by Gasteiger charge is 2.48. The molecule has 1 aromatic carbocycles. The van der Waals surface area contributed by atoms with Gasteiger partial charge in [0, 0.05) is 12.0 Å². The van der Waals surface area contributed by atoms with Crippen molar-refractivity contribution in [3.05, 3.63) is 45.9 Å². The van der Waals surface area contributed by atoms with Gasteiger partial charge in [-0.2, -0.15) is 0 Å². The normalized spacial score (nSPS) is 16.7. The lowest BCUT2D eigenvalue weighted by Gasteiger charge is -2.11. The van der Waals surface area contributed by atoms with Gasteiger partial charge in [0.2, 0.25) is 0 Å². The van der Waals surface area contributed by atoms with Crippen molar-refractivity contribution in [3.63, 3.8) is 0 Å². The van der Waals surface area contributed by atoms with Crippen molar-refractivity contribution in [2.75, 3.05) is 6.54 Å². The van der Waals surface area contributed by atoms with E-state index in [1.165, 1.54) is 23.4 Å². The minimum absolute atomic E-state index is 0.170. The van der Waals surface area contributed by atoms with Crippen LogP contribution in [0.2, 0.25) is 0 Å². The number of rotatable bonds is 5. The highest BCUT2D eigenvalue weighted by atomic mass is 32.1. The van der Waals surface area contributed by atoms with Crippen molar-refractivity contribution < 1.29 is 0 Å². The summed E-state index contributed by atoms with van der Waals surface area (Å²) in [7, 11) is 0. The average Bonchev–Trinajstić information content (AvgIpc) is 3.10. The molecule has 0 atom stereocenters. The van der Waals surface area contributed by atoms with Gasteiger partial charge in [0.25, 0.3) is 0 Å². The molecular weight excluding hydrogens is 242 g/mol. The first-order valence-electron chi connectivity index (χ1n) is 6.44. The second-order valence-electron chi connectivity index (χ2n) is 4.73. The Morgan fingerprint density at radius 2 is 2.00 bits per heavy atom. The summed E-state index contributed by atoms with van der Waals surface area (Å²) in [5.41, 5.74) is 1.56. The van der Waals surface area contributed by atoms with Crippen LogP contribution >= 0.6 is 11.3 Å². The van der Waals surface area contributed by atoms with E-state index in [0.717, 1.165) is 18.1 Å². The monoisotopic (exact) mass is 259 g/mol. The zero-order valence-electron chi connectivity index (χ0n) is 10.5. The van der Waals surface area contributed by atoms with Crippen LogP contribution in [-0.4, -0.2) is 16.7 Å². The molecule has 1 aromatic heterocycles. The van der Waals surface area contributed by atoms with Gasteiger partial charge in [-0.05, 0) is 24.9 Å². The van der Waals surface area contributed by atoms with Gasteiger partial charge in [0.1, 0.15) is 10.0 Å². The van der Waals surface area contributed by atoms with Crippen LogP contribution in [0.4, 0.5) is 0 Å². The molecule has 0 radical (unpaired) electrons. The number of aromatic nitrogens is 2. The molecule has 2 aromatic rings. The molecular formula is C14H17N3S. The third-order valence-electron chi connectivity index (χ3n) is 3.48. The van der Waals surface area contributed by atoms with Crippen molar-refractivity contribution in [3.8, 4) is 0 Å². The minimum Gasteiger partial charge on any atom is -0.311 e. The van der Waals surface area contributed by atoms with Gasteiger partial charge >= 0.3 is 0 Å². The second kappa shape index (κ2) is 4.78. The predicted molar refractivity (Wildman–Crippen MR) is 73.7 cm³/mol. The van der Waals surface area contributed by atoms with Gasteiger partial charge in [-0.3, -0.25) is 0 Å². The maximum atomic E-state index is 4.41. The van der Waals surface area contributed by atoms with Crippen LogP contribution in [0.25, 0.3) is 0 Å². The first-order valence-corrected chi connectivity index (χ1v) is 7.26. The van der Waals surface area contributed by atoms with Crippen molar-refractivity contribution in [2.24, 2.45) is 0 Å². The lowest BCUT2D eigenvalue weighted by Crippen LogP contribution is -2.11. The summed E-state index contributed by atoms with van der Waals surface area (Å²) in [6.07, 6.45) is 2.40. The van der Waals surface area contributed by atoms with E-state index >= 15 is 0 Å². The molecule has 3 rings (SSSR count). The molecule has 1 heterocycles.